The summed E-state index contributed by atoms with van der Waals surface area (Å²) >= 11 is 0. The molecule has 0 aliphatic heterocycles. The molecule has 130 valence electrons. The fraction of sp³-hybridized carbons (Fsp3) is 0.300. The minimum absolute atomic E-state index is 0.280. The van der Waals surface area contributed by atoms with Crippen molar-refractivity contribution < 1.29 is 9.18 Å². The highest BCUT2D eigenvalue weighted by atomic mass is 19.1. The van der Waals surface area contributed by atoms with Gasteiger partial charge in [-0.15, -0.1) is 0 Å². The summed E-state index contributed by atoms with van der Waals surface area (Å²) < 4.78 is 14.9. The Bertz CT molecular complexity index is 939. The second-order valence-electron chi connectivity index (χ2n) is 7.42. The van der Waals surface area contributed by atoms with E-state index in [-0.39, 0.29) is 11.7 Å². The lowest BCUT2D eigenvalue weighted by Gasteiger charge is -2.39. The highest BCUT2D eigenvalue weighted by Crippen LogP contribution is 2.42. The fourth-order valence-corrected chi connectivity index (χ4v) is 2.88. The van der Waals surface area contributed by atoms with Crippen molar-refractivity contribution in [3.05, 3.63) is 60.0 Å². The van der Waals surface area contributed by atoms with Crippen LogP contribution in [0.5, 0.6) is 0 Å². The normalized spacial score (nSPS) is 12.5. The number of hydrogen-bond acceptors (Lipinski definition) is 2. The Hall–Kier alpha value is -2.69. The van der Waals surface area contributed by atoms with Gasteiger partial charge in [-0.25, -0.2) is 9.07 Å². The third kappa shape index (κ3) is 2.69. The van der Waals surface area contributed by atoms with Gasteiger partial charge in [-0.2, -0.15) is 5.10 Å². The summed E-state index contributed by atoms with van der Waals surface area (Å²) in [5, 5.41) is 5.37. The number of hydrogen-bond donors (Lipinski definition) is 1. The molecule has 2 N–H and O–H groups in total. The second kappa shape index (κ2) is 5.69. The minimum Gasteiger partial charge on any atom is -0.369 e. The second-order valence-corrected chi connectivity index (χ2v) is 7.42. The lowest BCUT2D eigenvalue weighted by molar-refractivity contribution is -0.129. The third-order valence-electron chi connectivity index (χ3n) is 5.54. The van der Waals surface area contributed by atoms with Gasteiger partial charge in [0.05, 0.1) is 22.8 Å². The summed E-state index contributed by atoms with van der Waals surface area (Å²) in [7, 11) is 0. The number of rotatable bonds is 4. The Balaban J connectivity index is 2.08. The van der Waals surface area contributed by atoms with E-state index in [1.54, 1.807) is 23.0 Å². The van der Waals surface area contributed by atoms with Crippen molar-refractivity contribution in [3.8, 4) is 5.69 Å². The van der Waals surface area contributed by atoms with Crippen LogP contribution in [-0.2, 0) is 10.2 Å². The van der Waals surface area contributed by atoms with Gasteiger partial charge in [-0.1, -0.05) is 33.8 Å². The maximum absolute atomic E-state index is 13.1. The summed E-state index contributed by atoms with van der Waals surface area (Å²) in [6.45, 7) is 7.76. The van der Waals surface area contributed by atoms with Crippen LogP contribution in [0.15, 0.2) is 48.7 Å². The van der Waals surface area contributed by atoms with E-state index in [9.17, 15) is 9.18 Å². The van der Waals surface area contributed by atoms with Crippen LogP contribution in [0, 0.1) is 11.2 Å². The lowest BCUT2D eigenvalue weighted by atomic mass is 9.63. The number of nitrogens with two attached hydrogens (primary N) is 1. The van der Waals surface area contributed by atoms with Crippen LogP contribution >= 0.6 is 0 Å². The smallest absolute Gasteiger partial charge is 0.223 e. The topological polar surface area (TPSA) is 60.9 Å². The van der Waals surface area contributed by atoms with Crippen LogP contribution in [-0.4, -0.2) is 15.7 Å². The van der Waals surface area contributed by atoms with E-state index in [1.165, 1.54) is 12.1 Å². The van der Waals surface area contributed by atoms with E-state index in [2.05, 4.69) is 5.10 Å². The molecule has 0 unspecified atom stereocenters. The summed E-state index contributed by atoms with van der Waals surface area (Å²) in [5.41, 5.74) is 7.20. The Morgan fingerprint density at radius 1 is 1.08 bits per heavy atom. The van der Waals surface area contributed by atoms with Gasteiger partial charge in [0.2, 0.25) is 5.91 Å². The number of amides is 1. The quantitative estimate of drug-likeness (QED) is 0.782. The summed E-state index contributed by atoms with van der Waals surface area (Å²) in [5.74, 6) is -0.613. The van der Waals surface area contributed by atoms with E-state index < -0.39 is 10.8 Å². The highest BCUT2D eigenvalue weighted by molar-refractivity contribution is 5.84. The molecule has 0 aliphatic carbocycles. The molecule has 0 saturated carbocycles. The first-order valence-corrected chi connectivity index (χ1v) is 8.19. The number of primary amides is 1. The van der Waals surface area contributed by atoms with Gasteiger partial charge in [0.15, 0.2) is 0 Å². The average molecular weight is 339 g/mol. The van der Waals surface area contributed by atoms with E-state index in [0.717, 1.165) is 22.2 Å². The Morgan fingerprint density at radius 2 is 1.72 bits per heavy atom. The molecule has 3 rings (SSSR count). The Morgan fingerprint density at radius 3 is 2.32 bits per heavy atom. The number of aromatic nitrogens is 2. The zero-order chi connectivity index (χ0) is 18.4. The van der Waals surface area contributed by atoms with E-state index >= 15 is 0 Å². The molecule has 0 bridgehead atoms. The molecule has 4 nitrogen and oxygen atoms in total. The van der Waals surface area contributed by atoms with Gasteiger partial charge in [-0.3, -0.25) is 4.79 Å². The maximum Gasteiger partial charge on any atom is 0.223 e. The first-order valence-electron chi connectivity index (χ1n) is 8.19. The average Bonchev–Trinajstić information content (AvgIpc) is 2.98. The van der Waals surface area contributed by atoms with Gasteiger partial charge in [-0.05, 0) is 42.0 Å². The molecule has 0 aliphatic rings. The molecular formula is C20H22FN3O. The molecule has 0 spiro atoms. The summed E-state index contributed by atoms with van der Waals surface area (Å²) in [4.78, 5) is 11.9. The van der Waals surface area contributed by atoms with Crippen molar-refractivity contribution in [1.82, 2.24) is 9.78 Å². The Labute approximate surface area is 146 Å². The number of fused-ring (bicyclic) bond motifs is 1. The van der Waals surface area contributed by atoms with Crippen LogP contribution in [0.2, 0.25) is 0 Å². The van der Waals surface area contributed by atoms with E-state index in [0.29, 0.717) is 0 Å². The van der Waals surface area contributed by atoms with E-state index in [4.69, 9.17) is 5.73 Å². The predicted octanol–water partition coefficient (Wildman–Crippen LogP) is 3.95. The molecule has 1 aromatic heterocycles. The fourth-order valence-electron chi connectivity index (χ4n) is 2.88. The summed E-state index contributed by atoms with van der Waals surface area (Å²) in [6.07, 6.45) is 1.77. The van der Waals surface area contributed by atoms with Crippen LogP contribution in [0.25, 0.3) is 16.6 Å². The first kappa shape index (κ1) is 17.1. The standard InChI is InChI=1S/C20H22FN3O/c1-19(2,20(3,4)18(22)25)14-5-10-17-13(11-14)12-23-24(17)16-8-6-15(21)7-9-16/h5-12H,1-4H3,(H2,22,25). The molecule has 0 atom stereocenters. The number of carbonyl (C=O) groups excluding carboxylic acids is 1. The number of carbonyl (C=O) groups is 1. The Kier molecular flexibility index (Phi) is 3.90. The molecule has 1 amide bonds. The first-order chi connectivity index (χ1) is 11.6. The molecule has 0 radical (unpaired) electrons. The predicted molar refractivity (Wildman–Crippen MR) is 97.0 cm³/mol. The largest absolute Gasteiger partial charge is 0.369 e. The number of nitrogens with zero attached hydrogens (tertiary/aromatic N) is 2. The van der Waals surface area contributed by atoms with Gasteiger partial charge < -0.3 is 5.73 Å². The van der Waals surface area contributed by atoms with Crippen LogP contribution in [0.1, 0.15) is 33.3 Å². The van der Waals surface area contributed by atoms with Gasteiger partial charge >= 0.3 is 0 Å². The van der Waals surface area contributed by atoms with Crippen molar-refractivity contribution in [1.29, 1.82) is 0 Å². The van der Waals surface area contributed by atoms with Crippen molar-refractivity contribution in [3.63, 3.8) is 0 Å². The molecule has 25 heavy (non-hydrogen) atoms. The number of benzene rings is 2. The highest BCUT2D eigenvalue weighted by Gasteiger charge is 2.43. The molecule has 3 aromatic rings. The number of halogens is 1. The molecule has 0 fully saturated rings. The van der Waals surface area contributed by atoms with Crippen LogP contribution in [0.4, 0.5) is 4.39 Å². The van der Waals surface area contributed by atoms with Crippen molar-refractivity contribution in [2.24, 2.45) is 11.1 Å². The zero-order valence-electron chi connectivity index (χ0n) is 14.9. The molecule has 5 heteroatoms. The molecule has 1 heterocycles. The van der Waals surface area contributed by atoms with Gasteiger partial charge in [0.25, 0.3) is 0 Å². The molecule has 2 aromatic carbocycles. The van der Waals surface area contributed by atoms with Crippen LogP contribution < -0.4 is 5.73 Å². The molecule has 0 saturated heterocycles. The van der Waals surface area contributed by atoms with Gasteiger partial charge in [0, 0.05) is 10.8 Å². The monoisotopic (exact) mass is 339 g/mol. The van der Waals surface area contributed by atoms with Crippen molar-refractivity contribution >= 4 is 16.8 Å². The van der Waals surface area contributed by atoms with E-state index in [1.807, 2.05) is 45.9 Å². The minimum atomic E-state index is -0.701. The van der Waals surface area contributed by atoms with Gasteiger partial charge in [0.1, 0.15) is 5.82 Å². The van der Waals surface area contributed by atoms with Crippen LogP contribution in [0.3, 0.4) is 0 Å². The SMILES string of the molecule is CC(C)(C(N)=O)C(C)(C)c1ccc2c(cnn2-c2ccc(F)cc2)c1. The lowest BCUT2D eigenvalue weighted by Crippen LogP contribution is -2.46. The zero-order valence-corrected chi connectivity index (χ0v) is 14.9. The van der Waals surface area contributed by atoms with Crippen molar-refractivity contribution in [2.45, 2.75) is 33.1 Å². The summed E-state index contributed by atoms with van der Waals surface area (Å²) in [6, 6.07) is 12.2. The maximum atomic E-state index is 13.1. The molecular weight excluding hydrogens is 317 g/mol. The third-order valence-corrected chi connectivity index (χ3v) is 5.54. The van der Waals surface area contributed by atoms with Crippen molar-refractivity contribution in [2.75, 3.05) is 0 Å².